The second-order valence-corrected chi connectivity index (χ2v) is 4.87. The molecule has 0 radical (unpaired) electrons. The first kappa shape index (κ1) is 10.4. The van der Waals surface area contributed by atoms with E-state index in [0.29, 0.717) is 12.1 Å². The number of nitrogen functional groups attached to an aromatic ring is 1. The summed E-state index contributed by atoms with van der Waals surface area (Å²) in [6, 6.07) is 9.16. The van der Waals surface area contributed by atoms with Gasteiger partial charge in [0.05, 0.1) is 6.04 Å². The summed E-state index contributed by atoms with van der Waals surface area (Å²) in [6.07, 6.45) is 1.09. The molecule has 4 heteroatoms. The van der Waals surface area contributed by atoms with Crippen LogP contribution < -0.4 is 11.1 Å². The Morgan fingerprint density at radius 3 is 2.88 bits per heavy atom. The van der Waals surface area contributed by atoms with Crippen molar-refractivity contribution in [3.05, 3.63) is 29.8 Å². The summed E-state index contributed by atoms with van der Waals surface area (Å²) in [6.45, 7) is 4.13. The van der Waals surface area contributed by atoms with Gasteiger partial charge in [0.2, 0.25) is 0 Å². The number of nitrogens with zero attached hydrogens (tertiary/aromatic N) is 2. The Morgan fingerprint density at radius 1 is 1.35 bits per heavy atom. The smallest absolute Gasteiger partial charge is 0.194 e. The minimum absolute atomic E-state index is 0.445. The van der Waals surface area contributed by atoms with Crippen LogP contribution in [0.3, 0.4) is 0 Å². The van der Waals surface area contributed by atoms with Gasteiger partial charge in [-0.15, -0.1) is 0 Å². The predicted octanol–water partition coefficient (Wildman–Crippen LogP) is 1.36. The minimum atomic E-state index is 0.445. The van der Waals surface area contributed by atoms with Crippen LogP contribution >= 0.6 is 0 Å². The Hall–Kier alpha value is -1.71. The van der Waals surface area contributed by atoms with E-state index in [2.05, 4.69) is 34.3 Å². The van der Waals surface area contributed by atoms with Crippen LogP contribution in [0.25, 0.3) is 0 Å². The molecule has 3 rings (SSSR count). The van der Waals surface area contributed by atoms with Crippen molar-refractivity contribution in [1.82, 2.24) is 10.2 Å². The number of guanidine groups is 1. The molecular formula is C13H18N4. The van der Waals surface area contributed by atoms with Crippen LogP contribution in [0, 0.1) is 0 Å². The lowest BCUT2D eigenvalue weighted by atomic mass is 10.0. The molecule has 2 aliphatic heterocycles. The van der Waals surface area contributed by atoms with Gasteiger partial charge in [-0.1, -0.05) is 12.1 Å². The molecule has 0 bridgehead atoms. The van der Waals surface area contributed by atoms with Crippen molar-refractivity contribution in [2.24, 2.45) is 4.99 Å². The number of benzene rings is 1. The van der Waals surface area contributed by atoms with Gasteiger partial charge in [-0.05, 0) is 31.0 Å². The zero-order valence-electron chi connectivity index (χ0n) is 10.1. The van der Waals surface area contributed by atoms with Crippen LogP contribution in [0.15, 0.2) is 29.3 Å². The van der Waals surface area contributed by atoms with Crippen molar-refractivity contribution in [3.63, 3.8) is 0 Å². The highest BCUT2D eigenvalue weighted by Gasteiger charge is 2.33. The predicted molar refractivity (Wildman–Crippen MR) is 69.8 cm³/mol. The Labute approximate surface area is 102 Å². The minimum Gasteiger partial charge on any atom is -0.399 e. The number of nitrogens with one attached hydrogen (secondary N) is 1. The van der Waals surface area contributed by atoms with Crippen molar-refractivity contribution >= 4 is 11.6 Å². The maximum Gasteiger partial charge on any atom is 0.194 e. The Kier molecular flexibility index (Phi) is 2.42. The molecule has 2 unspecified atom stereocenters. The fraction of sp³-hybridized carbons (Fsp3) is 0.462. The van der Waals surface area contributed by atoms with Crippen LogP contribution in [-0.4, -0.2) is 30.0 Å². The number of hydrogen-bond acceptors (Lipinski definition) is 4. The van der Waals surface area contributed by atoms with E-state index in [0.717, 1.165) is 31.2 Å². The largest absolute Gasteiger partial charge is 0.399 e. The van der Waals surface area contributed by atoms with Crippen LogP contribution in [0.5, 0.6) is 0 Å². The first-order valence-corrected chi connectivity index (χ1v) is 6.17. The summed E-state index contributed by atoms with van der Waals surface area (Å²) in [5, 5.41) is 3.42. The van der Waals surface area contributed by atoms with Gasteiger partial charge < -0.3 is 16.0 Å². The van der Waals surface area contributed by atoms with Gasteiger partial charge in [0.15, 0.2) is 5.96 Å². The first-order chi connectivity index (χ1) is 8.24. The van der Waals surface area contributed by atoms with Crippen molar-refractivity contribution in [2.45, 2.75) is 25.4 Å². The third-order valence-corrected chi connectivity index (χ3v) is 3.48. The third kappa shape index (κ3) is 1.84. The van der Waals surface area contributed by atoms with Gasteiger partial charge in [0.1, 0.15) is 0 Å². The normalized spacial score (nSPS) is 27.4. The van der Waals surface area contributed by atoms with E-state index in [9.17, 15) is 0 Å². The van der Waals surface area contributed by atoms with Gasteiger partial charge >= 0.3 is 0 Å². The van der Waals surface area contributed by atoms with Gasteiger partial charge in [0.25, 0.3) is 0 Å². The zero-order chi connectivity index (χ0) is 11.8. The van der Waals surface area contributed by atoms with E-state index in [1.54, 1.807) is 0 Å². The Balaban J connectivity index is 1.89. The number of hydrogen-bond donors (Lipinski definition) is 2. The number of aliphatic imine (C=N–C) groups is 1. The third-order valence-electron chi connectivity index (χ3n) is 3.48. The Morgan fingerprint density at radius 2 is 2.12 bits per heavy atom. The molecule has 3 N–H and O–H groups in total. The van der Waals surface area contributed by atoms with Crippen molar-refractivity contribution in [1.29, 1.82) is 0 Å². The van der Waals surface area contributed by atoms with Crippen LogP contribution in [-0.2, 0) is 0 Å². The summed E-state index contributed by atoms with van der Waals surface area (Å²) in [5.74, 6) is 1.06. The quantitative estimate of drug-likeness (QED) is 0.716. The van der Waals surface area contributed by atoms with E-state index >= 15 is 0 Å². The monoisotopic (exact) mass is 230 g/mol. The maximum absolute atomic E-state index is 5.74. The van der Waals surface area contributed by atoms with Crippen LogP contribution in [0.1, 0.15) is 24.9 Å². The summed E-state index contributed by atoms with van der Waals surface area (Å²) < 4.78 is 0. The summed E-state index contributed by atoms with van der Waals surface area (Å²) in [4.78, 5) is 6.92. The molecule has 1 fully saturated rings. The van der Waals surface area contributed by atoms with E-state index < -0.39 is 0 Å². The Bertz CT molecular complexity index is 437. The molecule has 17 heavy (non-hydrogen) atoms. The maximum atomic E-state index is 5.74. The lowest BCUT2D eigenvalue weighted by molar-refractivity contribution is 0.305. The average molecular weight is 230 g/mol. The fourth-order valence-electron chi connectivity index (χ4n) is 2.66. The van der Waals surface area contributed by atoms with E-state index in [4.69, 9.17) is 5.73 Å². The lowest BCUT2D eigenvalue weighted by Gasteiger charge is -2.32. The van der Waals surface area contributed by atoms with E-state index in [1.807, 2.05) is 12.1 Å². The number of fused-ring (bicyclic) bond motifs is 1. The van der Waals surface area contributed by atoms with E-state index in [1.165, 1.54) is 5.56 Å². The molecule has 90 valence electrons. The number of anilines is 1. The van der Waals surface area contributed by atoms with Crippen LogP contribution in [0.4, 0.5) is 5.69 Å². The number of nitrogens with two attached hydrogens (primary N) is 1. The zero-order valence-corrected chi connectivity index (χ0v) is 10.1. The highest BCUT2D eigenvalue weighted by atomic mass is 15.4. The standard InChI is InChI=1S/C13H18N4/c1-9-8-17-12(6-7-15-13(17)16-9)10-2-4-11(14)5-3-10/h2-5,9,12H,6-8,14H2,1H3,(H,15,16). The summed E-state index contributed by atoms with van der Waals surface area (Å²) in [5.41, 5.74) is 7.90. The molecule has 4 nitrogen and oxygen atoms in total. The molecule has 0 amide bonds. The molecule has 2 atom stereocenters. The van der Waals surface area contributed by atoms with Crippen molar-refractivity contribution < 1.29 is 0 Å². The molecule has 1 aromatic rings. The van der Waals surface area contributed by atoms with Crippen molar-refractivity contribution in [2.75, 3.05) is 18.8 Å². The molecule has 0 spiro atoms. The average Bonchev–Trinajstić information content (AvgIpc) is 2.70. The van der Waals surface area contributed by atoms with E-state index in [-0.39, 0.29) is 0 Å². The highest BCUT2D eigenvalue weighted by Crippen LogP contribution is 2.30. The molecule has 0 aromatic heterocycles. The topological polar surface area (TPSA) is 53.6 Å². The first-order valence-electron chi connectivity index (χ1n) is 6.17. The highest BCUT2D eigenvalue weighted by molar-refractivity contribution is 5.83. The molecule has 0 saturated carbocycles. The van der Waals surface area contributed by atoms with Crippen molar-refractivity contribution in [3.8, 4) is 0 Å². The van der Waals surface area contributed by atoms with Gasteiger partial charge in [-0.25, -0.2) is 0 Å². The number of rotatable bonds is 1. The summed E-state index contributed by atoms with van der Waals surface area (Å²) >= 11 is 0. The molecule has 1 aromatic carbocycles. The molecule has 2 heterocycles. The lowest BCUT2D eigenvalue weighted by Crippen LogP contribution is -2.37. The molecule has 0 aliphatic carbocycles. The van der Waals surface area contributed by atoms with Crippen LogP contribution in [0.2, 0.25) is 0 Å². The van der Waals surface area contributed by atoms with Gasteiger partial charge in [0, 0.05) is 24.8 Å². The SMILES string of the molecule is CC1CN2C(=NCCC2c2ccc(N)cc2)N1. The molecule has 1 saturated heterocycles. The van der Waals surface area contributed by atoms with Gasteiger partial charge in [-0.3, -0.25) is 4.99 Å². The molecular weight excluding hydrogens is 212 g/mol. The fourth-order valence-corrected chi connectivity index (χ4v) is 2.66. The second kappa shape index (κ2) is 3.95. The summed E-state index contributed by atoms with van der Waals surface area (Å²) in [7, 11) is 0. The second-order valence-electron chi connectivity index (χ2n) is 4.87. The van der Waals surface area contributed by atoms with Gasteiger partial charge in [-0.2, -0.15) is 0 Å². The molecule has 2 aliphatic rings.